The number of rotatable bonds is 6. The molecular formula is C14H14ClF2N3O3. The Bertz CT molecular complexity index is 709. The molecule has 1 aromatic carbocycles. The summed E-state index contributed by atoms with van der Waals surface area (Å²) in [6.07, 6.45) is -0.346. The predicted octanol–water partition coefficient (Wildman–Crippen LogP) is 3.03. The lowest BCUT2D eigenvalue weighted by atomic mass is 10.2. The number of ether oxygens (including phenoxy) is 1. The van der Waals surface area contributed by atoms with Gasteiger partial charge in [-0.15, -0.1) is 0 Å². The molecule has 1 aromatic heterocycles. The Hall–Kier alpha value is -2.06. The van der Waals surface area contributed by atoms with Gasteiger partial charge in [-0.2, -0.15) is 4.98 Å². The van der Waals surface area contributed by atoms with Gasteiger partial charge in [0, 0.05) is 6.61 Å². The molecule has 1 heterocycles. The SMILES string of the molecule is CCO[C@H](C)c1noc(CNC(=O)c2ccc(F)c(Cl)c2F)n1. The van der Waals surface area contributed by atoms with E-state index in [0.29, 0.717) is 12.4 Å². The van der Waals surface area contributed by atoms with E-state index >= 15 is 0 Å². The third kappa shape index (κ3) is 4.02. The Morgan fingerprint density at radius 3 is 2.91 bits per heavy atom. The zero-order valence-electron chi connectivity index (χ0n) is 12.4. The second-order valence-corrected chi connectivity index (χ2v) is 4.93. The number of halogens is 3. The van der Waals surface area contributed by atoms with Crippen molar-refractivity contribution in [3.8, 4) is 0 Å². The van der Waals surface area contributed by atoms with Crippen LogP contribution in [0, 0.1) is 11.6 Å². The molecule has 1 atom stereocenters. The molecule has 0 aliphatic carbocycles. The highest BCUT2D eigenvalue weighted by Gasteiger charge is 2.19. The molecule has 124 valence electrons. The molecule has 1 amide bonds. The van der Waals surface area contributed by atoms with Gasteiger partial charge >= 0.3 is 0 Å². The largest absolute Gasteiger partial charge is 0.371 e. The third-order valence-corrected chi connectivity index (χ3v) is 3.29. The summed E-state index contributed by atoms with van der Waals surface area (Å²) < 4.78 is 37.1. The molecule has 0 bridgehead atoms. The van der Waals surface area contributed by atoms with Crippen LogP contribution in [0.2, 0.25) is 5.02 Å². The van der Waals surface area contributed by atoms with Crippen molar-refractivity contribution >= 4 is 17.5 Å². The molecule has 9 heteroatoms. The number of aromatic nitrogens is 2. The predicted molar refractivity (Wildman–Crippen MR) is 76.9 cm³/mol. The number of hydrogen-bond acceptors (Lipinski definition) is 5. The van der Waals surface area contributed by atoms with Crippen LogP contribution >= 0.6 is 11.6 Å². The van der Waals surface area contributed by atoms with Crippen LogP contribution in [0.25, 0.3) is 0 Å². The molecule has 1 N–H and O–H groups in total. The second-order valence-electron chi connectivity index (χ2n) is 4.55. The number of carbonyl (C=O) groups is 1. The minimum atomic E-state index is -1.12. The Morgan fingerprint density at radius 1 is 1.48 bits per heavy atom. The fraction of sp³-hybridized carbons (Fsp3) is 0.357. The highest BCUT2D eigenvalue weighted by Crippen LogP contribution is 2.22. The van der Waals surface area contributed by atoms with Gasteiger partial charge in [0.2, 0.25) is 5.89 Å². The van der Waals surface area contributed by atoms with Crippen LogP contribution in [-0.2, 0) is 11.3 Å². The van der Waals surface area contributed by atoms with Crippen molar-refractivity contribution in [2.24, 2.45) is 0 Å². The van der Waals surface area contributed by atoms with E-state index in [1.807, 2.05) is 6.92 Å². The molecular weight excluding hydrogens is 332 g/mol. The maximum atomic E-state index is 13.7. The fourth-order valence-corrected chi connectivity index (χ4v) is 1.95. The lowest BCUT2D eigenvalue weighted by molar-refractivity contribution is 0.0683. The van der Waals surface area contributed by atoms with E-state index < -0.39 is 22.6 Å². The number of nitrogens with zero attached hydrogens (tertiary/aromatic N) is 2. The van der Waals surface area contributed by atoms with E-state index in [1.54, 1.807) is 6.92 Å². The molecule has 6 nitrogen and oxygen atoms in total. The standard InChI is InChI=1S/C14H14ClF2N3O3/c1-3-22-7(2)13-19-10(23-20-13)6-18-14(21)8-4-5-9(16)11(15)12(8)17/h4-5,7H,3,6H2,1-2H3,(H,18,21)/t7-/m1/s1. The summed E-state index contributed by atoms with van der Waals surface area (Å²) in [5.41, 5.74) is -0.376. The van der Waals surface area contributed by atoms with Gasteiger partial charge in [-0.1, -0.05) is 16.8 Å². The number of carbonyl (C=O) groups excluding carboxylic acids is 1. The van der Waals surface area contributed by atoms with Gasteiger partial charge in [0.25, 0.3) is 5.91 Å². The Balaban J connectivity index is 2.01. The van der Waals surface area contributed by atoms with Crippen molar-refractivity contribution in [1.29, 1.82) is 0 Å². The van der Waals surface area contributed by atoms with Crippen molar-refractivity contribution in [3.05, 3.63) is 46.1 Å². The number of benzene rings is 1. The van der Waals surface area contributed by atoms with E-state index in [2.05, 4.69) is 15.5 Å². The van der Waals surface area contributed by atoms with Gasteiger partial charge in [0.1, 0.15) is 16.9 Å². The normalized spacial score (nSPS) is 12.2. The average molecular weight is 346 g/mol. The Kier molecular flexibility index (Phi) is 5.62. The zero-order chi connectivity index (χ0) is 17.0. The van der Waals surface area contributed by atoms with Crippen LogP contribution in [0.3, 0.4) is 0 Å². The zero-order valence-corrected chi connectivity index (χ0v) is 13.2. The van der Waals surface area contributed by atoms with Gasteiger partial charge in [0.05, 0.1) is 12.1 Å². The van der Waals surface area contributed by atoms with Crippen molar-refractivity contribution in [1.82, 2.24) is 15.5 Å². The molecule has 0 saturated heterocycles. The molecule has 0 aliphatic heterocycles. The van der Waals surface area contributed by atoms with Crippen molar-refractivity contribution in [3.63, 3.8) is 0 Å². The molecule has 0 spiro atoms. The maximum absolute atomic E-state index is 13.7. The lowest BCUT2D eigenvalue weighted by Gasteiger charge is -2.06. The molecule has 0 aliphatic rings. The van der Waals surface area contributed by atoms with E-state index in [-0.39, 0.29) is 24.1 Å². The lowest BCUT2D eigenvalue weighted by Crippen LogP contribution is -2.24. The topological polar surface area (TPSA) is 77.3 Å². The molecule has 2 rings (SSSR count). The summed E-state index contributed by atoms with van der Waals surface area (Å²) >= 11 is 5.43. The summed E-state index contributed by atoms with van der Waals surface area (Å²) in [7, 11) is 0. The van der Waals surface area contributed by atoms with Gasteiger partial charge in [0.15, 0.2) is 11.6 Å². The minimum absolute atomic E-state index is 0.112. The van der Waals surface area contributed by atoms with Crippen molar-refractivity contribution < 1.29 is 22.8 Å². The fourth-order valence-electron chi connectivity index (χ4n) is 1.78. The summed E-state index contributed by atoms with van der Waals surface area (Å²) in [5.74, 6) is -2.37. The molecule has 23 heavy (non-hydrogen) atoms. The number of amides is 1. The number of nitrogens with one attached hydrogen (secondary N) is 1. The number of hydrogen-bond donors (Lipinski definition) is 1. The highest BCUT2D eigenvalue weighted by atomic mass is 35.5. The third-order valence-electron chi connectivity index (χ3n) is 2.94. The maximum Gasteiger partial charge on any atom is 0.254 e. The van der Waals surface area contributed by atoms with Gasteiger partial charge in [-0.25, -0.2) is 8.78 Å². The van der Waals surface area contributed by atoms with Gasteiger partial charge < -0.3 is 14.6 Å². The van der Waals surface area contributed by atoms with Crippen LogP contribution < -0.4 is 5.32 Å². The van der Waals surface area contributed by atoms with E-state index in [0.717, 1.165) is 12.1 Å². The monoisotopic (exact) mass is 345 g/mol. The quantitative estimate of drug-likeness (QED) is 0.814. The summed E-state index contributed by atoms with van der Waals surface area (Å²) in [5, 5.41) is 5.38. The molecule has 0 radical (unpaired) electrons. The smallest absolute Gasteiger partial charge is 0.254 e. The first-order valence-electron chi connectivity index (χ1n) is 6.79. The summed E-state index contributed by atoms with van der Waals surface area (Å²) in [6, 6.07) is 1.91. The molecule has 2 aromatic rings. The van der Waals surface area contributed by atoms with E-state index in [1.165, 1.54) is 0 Å². The van der Waals surface area contributed by atoms with E-state index in [4.69, 9.17) is 20.9 Å². The molecule has 0 unspecified atom stereocenters. The van der Waals surface area contributed by atoms with E-state index in [9.17, 15) is 13.6 Å². The molecule has 0 saturated carbocycles. The van der Waals surface area contributed by atoms with Gasteiger partial charge in [-0.3, -0.25) is 4.79 Å². The van der Waals surface area contributed by atoms with Crippen LogP contribution in [0.1, 0.15) is 42.0 Å². The van der Waals surface area contributed by atoms with Gasteiger partial charge in [-0.05, 0) is 26.0 Å². The van der Waals surface area contributed by atoms with Crippen LogP contribution in [-0.4, -0.2) is 22.7 Å². The highest BCUT2D eigenvalue weighted by molar-refractivity contribution is 6.31. The first-order chi connectivity index (χ1) is 10.9. The van der Waals surface area contributed by atoms with Crippen LogP contribution in [0.5, 0.6) is 0 Å². The van der Waals surface area contributed by atoms with Crippen LogP contribution in [0.15, 0.2) is 16.7 Å². The molecule has 0 fully saturated rings. The second kappa shape index (κ2) is 7.47. The van der Waals surface area contributed by atoms with Crippen molar-refractivity contribution in [2.45, 2.75) is 26.5 Å². The van der Waals surface area contributed by atoms with Crippen molar-refractivity contribution in [2.75, 3.05) is 6.61 Å². The first-order valence-corrected chi connectivity index (χ1v) is 7.17. The average Bonchev–Trinajstić information content (AvgIpc) is 3.00. The Morgan fingerprint density at radius 2 is 2.22 bits per heavy atom. The minimum Gasteiger partial charge on any atom is -0.371 e. The first kappa shape index (κ1) is 17.3. The van der Waals surface area contributed by atoms with Crippen LogP contribution in [0.4, 0.5) is 8.78 Å². The Labute approximate surface area is 135 Å². The summed E-state index contributed by atoms with van der Waals surface area (Å²) in [6.45, 7) is 3.97. The summed E-state index contributed by atoms with van der Waals surface area (Å²) in [4.78, 5) is 15.9.